The van der Waals surface area contributed by atoms with Gasteiger partial charge in [0.25, 0.3) is 0 Å². The van der Waals surface area contributed by atoms with Crippen molar-refractivity contribution in [1.82, 2.24) is 14.7 Å². The number of nitrogens with one attached hydrogen (secondary N) is 1. The zero-order valence-electron chi connectivity index (χ0n) is 22.7. The molecular weight excluding hydrogens is 499 g/mol. The van der Waals surface area contributed by atoms with Crippen LogP contribution >= 0.6 is 0 Å². The van der Waals surface area contributed by atoms with E-state index in [1.54, 1.807) is 40.3 Å². The summed E-state index contributed by atoms with van der Waals surface area (Å²) in [5.41, 5.74) is 3.46. The Morgan fingerprint density at radius 2 is 1.67 bits per heavy atom. The standard InChI is InChI=1S/C30H37FN4O4/c1-23-6-3-7-24(2)29(23)32-30(37)34(14-5-13-33-15-18-38-19-16-33)22-28(36)35(21-27-8-4-17-39-27)20-25-9-11-26(31)12-10-25/h3-4,6-12,17H,5,13-16,18-22H2,1-2H3,(H,32,37). The lowest BCUT2D eigenvalue weighted by atomic mass is 10.1. The first kappa shape index (κ1) is 28.3. The van der Waals surface area contributed by atoms with Crippen molar-refractivity contribution in [2.24, 2.45) is 0 Å². The molecule has 0 radical (unpaired) electrons. The van der Waals surface area contributed by atoms with Crippen LogP contribution in [-0.2, 0) is 22.6 Å². The van der Waals surface area contributed by atoms with Gasteiger partial charge in [-0.05, 0) is 61.2 Å². The van der Waals surface area contributed by atoms with Crippen molar-refractivity contribution in [3.8, 4) is 0 Å². The Morgan fingerprint density at radius 1 is 0.949 bits per heavy atom. The summed E-state index contributed by atoms with van der Waals surface area (Å²) in [6.07, 6.45) is 2.29. The lowest BCUT2D eigenvalue weighted by molar-refractivity contribution is -0.133. The molecule has 0 unspecified atom stereocenters. The van der Waals surface area contributed by atoms with Gasteiger partial charge in [-0.15, -0.1) is 0 Å². The van der Waals surface area contributed by atoms with Crippen LogP contribution in [0.5, 0.6) is 0 Å². The molecule has 0 aliphatic carbocycles. The van der Waals surface area contributed by atoms with Crippen molar-refractivity contribution < 1.29 is 23.1 Å². The van der Waals surface area contributed by atoms with Gasteiger partial charge in [-0.25, -0.2) is 9.18 Å². The van der Waals surface area contributed by atoms with Crippen molar-refractivity contribution in [3.63, 3.8) is 0 Å². The third-order valence-electron chi connectivity index (χ3n) is 6.90. The molecule has 0 saturated carbocycles. The van der Waals surface area contributed by atoms with Gasteiger partial charge in [0.1, 0.15) is 18.1 Å². The zero-order valence-corrected chi connectivity index (χ0v) is 22.7. The number of aryl methyl sites for hydroxylation is 2. The summed E-state index contributed by atoms with van der Waals surface area (Å²) in [7, 11) is 0. The molecule has 1 saturated heterocycles. The lowest BCUT2D eigenvalue weighted by Crippen LogP contribution is -2.45. The normalized spacial score (nSPS) is 13.7. The Bertz CT molecular complexity index is 1190. The van der Waals surface area contributed by atoms with E-state index < -0.39 is 0 Å². The quantitative estimate of drug-likeness (QED) is 0.380. The van der Waals surface area contributed by atoms with Crippen molar-refractivity contribution in [2.75, 3.05) is 51.3 Å². The van der Waals surface area contributed by atoms with E-state index in [9.17, 15) is 14.0 Å². The minimum absolute atomic E-state index is 0.0955. The smallest absolute Gasteiger partial charge is 0.322 e. The number of urea groups is 1. The molecule has 1 fully saturated rings. The number of ether oxygens (including phenoxy) is 1. The maximum Gasteiger partial charge on any atom is 0.322 e. The molecule has 8 nitrogen and oxygen atoms in total. The van der Waals surface area contributed by atoms with Crippen molar-refractivity contribution in [3.05, 3.63) is 89.1 Å². The third kappa shape index (κ3) is 8.40. The molecule has 3 aromatic rings. The van der Waals surface area contributed by atoms with E-state index in [0.717, 1.165) is 48.4 Å². The third-order valence-corrected chi connectivity index (χ3v) is 6.90. The average Bonchev–Trinajstić information content (AvgIpc) is 3.45. The van der Waals surface area contributed by atoms with Crippen LogP contribution in [0.2, 0.25) is 0 Å². The maximum atomic E-state index is 13.7. The Morgan fingerprint density at radius 3 is 2.33 bits per heavy atom. The van der Waals surface area contributed by atoms with Gasteiger partial charge in [0.2, 0.25) is 5.91 Å². The van der Waals surface area contributed by atoms with Crippen LogP contribution in [0.4, 0.5) is 14.9 Å². The number of anilines is 1. The van der Waals surface area contributed by atoms with Crippen molar-refractivity contribution in [2.45, 2.75) is 33.4 Å². The molecule has 208 valence electrons. The van der Waals surface area contributed by atoms with Gasteiger partial charge < -0.3 is 24.3 Å². The number of nitrogens with zero attached hydrogens (tertiary/aromatic N) is 3. The van der Waals surface area contributed by atoms with E-state index in [1.165, 1.54) is 12.1 Å². The first-order valence-electron chi connectivity index (χ1n) is 13.4. The Labute approximate surface area is 229 Å². The van der Waals surface area contributed by atoms with Gasteiger partial charge in [0.15, 0.2) is 0 Å². The lowest BCUT2D eigenvalue weighted by Gasteiger charge is -2.30. The van der Waals surface area contributed by atoms with Crippen LogP contribution in [0.3, 0.4) is 0 Å². The summed E-state index contributed by atoms with van der Waals surface area (Å²) in [6, 6.07) is 15.2. The van der Waals surface area contributed by atoms with Gasteiger partial charge in [-0.2, -0.15) is 0 Å². The van der Waals surface area contributed by atoms with Gasteiger partial charge in [0.05, 0.1) is 26.0 Å². The van der Waals surface area contributed by atoms with E-state index in [0.29, 0.717) is 25.5 Å². The van der Waals surface area contributed by atoms with E-state index >= 15 is 0 Å². The fraction of sp³-hybridized carbons (Fsp3) is 0.400. The van der Waals surface area contributed by atoms with Crippen molar-refractivity contribution >= 4 is 17.6 Å². The maximum absolute atomic E-state index is 13.7. The highest BCUT2D eigenvalue weighted by Gasteiger charge is 2.24. The molecule has 2 heterocycles. The molecule has 39 heavy (non-hydrogen) atoms. The molecule has 1 N–H and O–H groups in total. The molecule has 0 spiro atoms. The number of amides is 3. The summed E-state index contributed by atoms with van der Waals surface area (Å²) >= 11 is 0. The van der Waals surface area contributed by atoms with E-state index in [2.05, 4.69) is 10.2 Å². The number of benzene rings is 2. The van der Waals surface area contributed by atoms with E-state index in [1.807, 2.05) is 32.0 Å². The fourth-order valence-electron chi connectivity index (χ4n) is 4.66. The average molecular weight is 537 g/mol. The SMILES string of the molecule is Cc1cccc(C)c1NC(=O)N(CCCN1CCOCC1)CC(=O)N(Cc1ccc(F)cc1)Cc1ccco1. The van der Waals surface area contributed by atoms with E-state index in [-0.39, 0.29) is 37.4 Å². The second kappa shape index (κ2) is 13.9. The predicted molar refractivity (Wildman–Crippen MR) is 148 cm³/mol. The number of carbonyl (C=O) groups excluding carboxylic acids is 2. The van der Waals surface area contributed by atoms with Crippen LogP contribution in [0, 0.1) is 19.7 Å². The Kier molecular flexibility index (Phi) is 10.1. The van der Waals surface area contributed by atoms with Gasteiger partial charge in [0, 0.05) is 38.4 Å². The molecule has 1 aliphatic heterocycles. The highest BCUT2D eigenvalue weighted by molar-refractivity contribution is 5.93. The van der Waals surface area contributed by atoms with Gasteiger partial charge >= 0.3 is 6.03 Å². The van der Waals surface area contributed by atoms with Gasteiger partial charge in [-0.1, -0.05) is 30.3 Å². The Hall–Kier alpha value is -3.69. The summed E-state index contributed by atoms with van der Waals surface area (Å²) < 4.78 is 24.4. The minimum Gasteiger partial charge on any atom is -0.467 e. The number of morpholine rings is 1. The second-order valence-electron chi connectivity index (χ2n) is 9.88. The van der Waals surface area contributed by atoms with Crippen LogP contribution in [0.15, 0.2) is 65.3 Å². The zero-order chi connectivity index (χ0) is 27.6. The highest BCUT2D eigenvalue weighted by Crippen LogP contribution is 2.20. The molecule has 0 atom stereocenters. The second-order valence-corrected chi connectivity index (χ2v) is 9.88. The molecule has 1 aliphatic rings. The minimum atomic E-state index is -0.336. The van der Waals surface area contributed by atoms with Crippen LogP contribution in [0.25, 0.3) is 0 Å². The predicted octanol–water partition coefficient (Wildman–Crippen LogP) is 4.82. The van der Waals surface area contributed by atoms with Crippen LogP contribution < -0.4 is 5.32 Å². The molecule has 1 aromatic heterocycles. The Balaban J connectivity index is 1.49. The molecular formula is C30H37FN4O4. The number of carbonyl (C=O) groups is 2. The molecule has 0 bridgehead atoms. The van der Waals surface area contributed by atoms with E-state index in [4.69, 9.17) is 9.15 Å². The monoisotopic (exact) mass is 536 g/mol. The molecule has 3 amide bonds. The van der Waals surface area contributed by atoms with Gasteiger partial charge in [-0.3, -0.25) is 9.69 Å². The summed E-state index contributed by atoms with van der Waals surface area (Å²) in [5, 5.41) is 3.04. The molecule has 4 rings (SSSR count). The topological polar surface area (TPSA) is 78.3 Å². The number of furan rings is 1. The first-order chi connectivity index (χ1) is 18.9. The molecule has 2 aromatic carbocycles. The summed E-state index contributed by atoms with van der Waals surface area (Å²) in [5.74, 6) is 0.0698. The number of hydrogen-bond acceptors (Lipinski definition) is 5. The van der Waals surface area contributed by atoms with Crippen LogP contribution in [0.1, 0.15) is 28.9 Å². The van der Waals surface area contributed by atoms with Crippen molar-refractivity contribution in [1.29, 1.82) is 0 Å². The number of halogens is 1. The summed E-state index contributed by atoms with van der Waals surface area (Å²) in [4.78, 5) is 32.7. The van der Waals surface area contributed by atoms with Crippen LogP contribution in [-0.4, -0.2) is 72.6 Å². The largest absolute Gasteiger partial charge is 0.467 e. The highest BCUT2D eigenvalue weighted by atomic mass is 19.1. The number of para-hydroxylation sites is 1. The molecule has 9 heteroatoms. The number of hydrogen-bond donors (Lipinski definition) is 1. The number of rotatable bonds is 11. The summed E-state index contributed by atoms with van der Waals surface area (Å²) in [6.45, 7) is 8.69. The fourth-order valence-corrected chi connectivity index (χ4v) is 4.66. The first-order valence-corrected chi connectivity index (χ1v) is 13.4.